The van der Waals surface area contributed by atoms with Crippen molar-refractivity contribution in [3.8, 4) is 17.1 Å². The van der Waals surface area contributed by atoms with E-state index in [1.54, 1.807) is 18.2 Å². The van der Waals surface area contributed by atoms with Crippen molar-refractivity contribution in [1.82, 2.24) is 14.9 Å². The molecule has 2 amide bonds. The molecule has 1 fully saturated rings. The number of imidazole rings is 1. The van der Waals surface area contributed by atoms with Gasteiger partial charge in [-0.05, 0) is 73.9 Å². The van der Waals surface area contributed by atoms with Crippen LogP contribution < -0.4 is 10.5 Å². The molecule has 0 bridgehead atoms. The van der Waals surface area contributed by atoms with Crippen LogP contribution >= 0.6 is 0 Å². The molecule has 35 heavy (non-hydrogen) atoms. The highest BCUT2D eigenvalue weighted by molar-refractivity contribution is 5.96. The summed E-state index contributed by atoms with van der Waals surface area (Å²) in [6.07, 6.45) is 3.98. The number of primary amides is 1. The number of nitrogens with one attached hydrogen (secondary N) is 1. The predicted molar refractivity (Wildman–Crippen MR) is 135 cm³/mol. The zero-order valence-electron chi connectivity index (χ0n) is 19.4. The Bertz CT molecular complexity index is 1330. The summed E-state index contributed by atoms with van der Waals surface area (Å²) < 4.78 is 6.01. The van der Waals surface area contributed by atoms with Crippen LogP contribution in [-0.2, 0) is 0 Å². The van der Waals surface area contributed by atoms with Crippen LogP contribution in [0.3, 0.4) is 0 Å². The number of amides is 2. The summed E-state index contributed by atoms with van der Waals surface area (Å²) in [7, 11) is 0. The Kier molecular flexibility index (Phi) is 6.48. The smallest absolute Gasteiger partial charge is 0.254 e. The van der Waals surface area contributed by atoms with Crippen LogP contribution in [0.25, 0.3) is 22.4 Å². The first-order valence-electron chi connectivity index (χ1n) is 12.0. The van der Waals surface area contributed by atoms with E-state index in [4.69, 9.17) is 10.5 Å². The van der Waals surface area contributed by atoms with Gasteiger partial charge >= 0.3 is 0 Å². The molecular weight excluding hydrogens is 440 g/mol. The van der Waals surface area contributed by atoms with Gasteiger partial charge in [-0.2, -0.15) is 0 Å². The number of aromatic nitrogens is 2. The molecule has 0 radical (unpaired) electrons. The highest BCUT2D eigenvalue weighted by Crippen LogP contribution is 2.25. The van der Waals surface area contributed by atoms with E-state index in [2.05, 4.69) is 9.97 Å². The van der Waals surface area contributed by atoms with Crippen molar-refractivity contribution in [3.05, 3.63) is 83.9 Å². The second-order valence-electron chi connectivity index (χ2n) is 8.86. The van der Waals surface area contributed by atoms with Crippen LogP contribution in [0.1, 0.15) is 46.4 Å². The minimum Gasteiger partial charge on any atom is -0.494 e. The molecule has 1 aromatic heterocycles. The van der Waals surface area contributed by atoms with E-state index in [0.717, 1.165) is 54.6 Å². The third kappa shape index (κ3) is 5.04. The standard InChI is InChI=1S/C28H28N4O3/c29-26(33)21-11-14-24-25(18-21)31-27(30-24)19-9-12-23(13-10-19)35-17-15-22-8-4-5-16-32(22)28(34)20-6-2-1-3-7-20/h1-3,6-7,9-14,18,22H,4-5,8,15-17H2,(H2,29,33)(H,30,31). The summed E-state index contributed by atoms with van der Waals surface area (Å²) in [6.45, 7) is 1.34. The number of carbonyl (C=O) groups is 2. The molecule has 3 N–H and O–H groups in total. The number of carbonyl (C=O) groups excluding carboxylic acids is 2. The van der Waals surface area contributed by atoms with Crippen molar-refractivity contribution in [3.63, 3.8) is 0 Å². The first-order valence-corrected chi connectivity index (χ1v) is 12.0. The van der Waals surface area contributed by atoms with E-state index in [0.29, 0.717) is 23.5 Å². The lowest BCUT2D eigenvalue weighted by Crippen LogP contribution is -2.44. The number of hydrogen-bond donors (Lipinski definition) is 2. The van der Waals surface area contributed by atoms with E-state index in [1.807, 2.05) is 59.5 Å². The van der Waals surface area contributed by atoms with Gasteiger partial charge in [0.2, 0.25) is 5.91 Å². The number of rotatable bonds is 7. The molecule has 1 unspecified atom stereocenters. The molecule has 1 atom stereocenters. The van der Waals surface area contributed by atoms with Crippen LogP contribution in [0, 0.1) is 0 Å². The molecule has 4 aromatic rings. The number of ether oxygens (including phenoxy) is 1. The van der Waals surface area contributed by atoms with Gasteiger partial charge in [-0.1, -0.05) is 18.2 Å². The molecule has 2 heterocycles. The van der Waals surface area contributed by atoms with Crippen LogP contribution in [0.15, 0.2) is 72.8 Å². The first-order chi connectivity index (χ1) is 17.1. The van der Waals surface area contributed by atoms with Gasteiger partial charge in [-0.3, -0.25) is 9.59 Å². The molecule has 3 aromatic carbocycles. The van der Waals surface area contributed by atoms with Gasteiger partial charge in [0, 0.05) is 35.7 Å². The average Bonchev–Trinajstić information content (AvgIpc) is 3.33. The van der Waals surface area contributed by atoms with Gasteiger partial charge in [0.1, 0.15) is 11.6 Å². The number of likely N-dealkylation sites (tertiary alicyclic amines) is 1. The molecule has 0 saturated carbocycles. The lowest BCUT2D eigenvalue weighted by atomic mass is 9.98. The van der Waals surface area contributed by atoms with Gasteiger partial charge in [-0.25, -0.2) is 4.98 Å². The SMILES string of the molecule is NC(=O)c1ccc2[nH]c(-c3ccc(OCCC4CCCCN4C(=O)c4ccccc4)cc3)nc2c1. The van der Waals surface area contributed by atoms with Gasteiger partial charge in [-0.15, -0.1) is 0 Å². The maximum atomic E-state index is 13.0. The number of H-pyrrole nitrogens is 1. The Hall–Kier alpha value is -4.13. The number of piperidine rings is 1. The molecule has 7 nitrogen and oxygen atoms in total. The molecule has 0 spiro atoms. The Morgan fingerprint density at radius 2 is 1.80 bits per heavy atom. The summed E-state index contributed by atoms with van der Waals surface area (Å²) in [5, 5.41) is 0. The molecule has 1 saturated heterocycles. The maximum Gasteiger partial charge on any atom is 0.254 e. The lowest BCUT2D eigenvalue weighted by molar-refractivity contribution is 0.0580. The second kappa shape index (κ2) is 10.0. The highest BCUT2D eigenvalue weighted by Gasteiger charge is 2.27. The second-order valence-corrected chi connectivity index (χ2v) is 8.86. The van der Waals surface area contributed by atoms with E-state index >= 15 is 0 Å². The van der Waals surface area contributed by atoms with Gasteiger partial charge in [0.15, 0.2) is 0 Å². The van der Waals surface area contributed by atoms with E-state index in [-0.39, 0.29) is 11.9 Å². The van der Waals surface area contributed by atoms with Crippen molar-refractivity contribution >= 4 is 22.8 Å². The van der Waals surface area contributed by atoms with Gasteiger partial charge in [0.25, 0.3) is 5.91 Å². The molecule has 7 heteroatoms. The maximum absolute atomic E-state index is 13.0. The average molecular weight is 469 g/mol. The minimum atomic E-state index is -0.473. The van der Waals surface area contributed by atoms with Crippen molar-refractivity contribution in [2.45, 2.75) is 31.7 Å². The quantitative estimate of drug-likeness (QED) is 0.407. The lowest BCUT2D eigenvalue weighted by Gasteiger charge is -2.36. The van der Waals surface area contributed by atoms with Crippen LogP contribution in [0.5, 0.6) is 5.75 Å². The van der Waals surface area contributed by atoms with Crippen molar-refractivity contribution < 1.29 is 14.3 Å². The van der Waals surface area contributed by atoms with E-state index < -0.39 is 5.91 Å². The zero-order chi connectivity index (χ0) is 24.2. The molecule has 1 aliphatic rings. The Balaban J connectivity index is 1.20. The van der Waals surface area contributed by atoms with Gasteiger partial charge < -0.3 is 20.4 Å². The third-order valence-corrected chi connectivity index (χ3v) is 6.52. The number of benzene rings is 3. The van der Waals surface area contributed by atoms with Crippen LogP contribution in [0.4, 0.5) is 0 Å². The van der Waals surface area contributed by atoms with Crippen LogP contribution in [0.2, 0.25) is 0 Å². The summed E-state index contributed by atoms with van der Waals surface area (Å²) in [5.74, 6) is 1.12. The summed E-state index contributed by atoms with van der Waals surface area (Å²) >= 11 is 0. The molecule has 5 rings (SSSR count). The third-order valence-electron chi connectivity index (χ3n) is 6.52. The molecule has 178 valence electrons. The summed E-state index contributed by atoms with van der Waals surface area (Å²) in [5.41, 5.74) is 8.99. The summed E-state index contributed by atoms with van der Waals surface area (Å²) in [4.78, 5) is 34.3. The monoisotopic (exact) mass is 468 g/mol. The van der Waals surface area contributed by atoms with Gasteiger partial charge in [0.05, 0.1) is 17.6 Å². The number of nitrogens with zero attached hydrogens (tertiary/aromatic N) is 2. The topological polar surface area (TPSA) is 101 Å². The van der Waals surface area contributed by atoms with Crippen LogP contribution in [-0.4, -0.2) is 45.9 Å². The number of aromatic amines is 1. The Morgan fingerprint density at radius 3 is 2.57 bits per heavy atom. The Morgan fingerprint density at radius 1 is 1.00 bits per heavy atom. The fourth-order valence-corrected chi connectivity index (χ4v) is 4.63. The van der Waals surface area contributed by atoms with E-state index in [9.17, 15) is 9.59 Å². The summed E-state index contributed by atoms with van der Waals surface area (Å²) in [6, 6.07) is 22.6. The van der Waals surface area contributed by atoms with E-state index in [1.165, 1.54) is 0 Å². The molecule has 0 aliphatic carbocycles. The normalized spacial score (nSPS) is 15.8. The number of nitrogens with two attached hydrogens (primary N) is 1. The first kappa shape index (κ1) is 22.7. The molecule has 1 aliphatic heterocycles. The highest BCUT2D eigenvalue weighted by atomic mass is 16.5. The van der Waals surface area contributed by atoms with Crippen molar-refractivity contribution in [1.29, 1.82) is 0 Å². The predicted octanol–water partition coefficient (Wildman–Crippen LogP) is 4.79. The fraction of sp³-hybridized carbons (Fsp3) is 0.250. The Labute approximate surface area is 203 Å². The minimum absolute atomic E-state index is 0.105. The number of hydrogen-bond acceptors (Lipinski definition) is 4. The fourth-order valence-electron chi connectivity index (χ4n) is 4.63. The molecular formula is C28H28N4O3. The number of fused-ring (bicyclic) bond motifs is 1. The van der Waals surface area contributed by atoms with Crippen molar-refractivity contribution in [2.24, 2.45) is 5.73 Å². The largest absolute Gasteiger partial charge is 0.494 e. The van der Waals surface area contributed by atoms with Crippen molar-refractivity contribution in [2.75, 3.05) is 13.2 Å². The zero-order valence-corrected chi connectivity index (χ0v) is 19.4.